The van der Waals surface area contributed by atoms with Gasteiger partial charge in [0.2, 0.25) is 0 Å². The average Bonchev–Trinajstić information content (AvgIpc) is 2.81. The largest absolute Gasteiger partial charge is 0.490 e. The van der Waals surface area contributed by atoms with Gasteiger partial charge in [-0.25, -0.2) is 0 Å². The van der Waals surface area contributed by atoms with Crippen LogP contribution in [0.3, 0.4) is 0 Å². The molecule has 0 radical (unpaired) electrons. The summed E-state index contributed by atoms with van der Waals surface area (Å²) < 4.78 is 7.78. The number of hydrogen-bond donors (Lipinski definition) is 0. The molecule has 0 aromatic carbocycles. The van der Waals surface area contributed by atoms with E-state index in [2.05, 4.69) is 48.7 Å². The summed E-state index contributed by atoms with van der Waals surface area (Å²) in [7, 11) is 0. The van der Waals surface area contributed by atoms with Crippen LogP contribution in [0.15, 0.2) is 12.4 Å². The van der Waals surface area contributed by atoms with Crippen LogP contribution >= 0.6 is 15.9 Å². The number of alkyl halides is 1. The molecular formula is C13H23BrN2O. The van der Waals surface area contributed by atoms with E-state index in [4.69, 9.17) is 4.74 Å². The predicted molar refractivity (Wildman–Crippen MR) is 74.9 cm³/mol. The van der Waals surface area contributed by atoms with E-state index in [1.54, 1.807) is 6.20 Å². The lowest BCUT2D eigenvalue weighted by Gasteiger charge is -2.28. The Bertz CT molecular complexity index is 324. The van der Waals surface area contributed by atoms with Gasteiger partial charge in [-0.1, -0.05) is 29.8 Å². The van der Waals surface area contributed by atoms with Gasteiger partial charge in [0.25, 0.3) is 0 Å². The SMILES string of the molecule is CCC(CC)(CBr)COc1cnn(C(C)C)c1. The minimum Gasteiger partial charge on any atom is -0.490 e. The topological polar surface area (TPSA) is 27.1 Å². The van der Waals surface area contributed by atoms with Crippen LogP contribution in [0.1, 0.15) is 46.6 Å². The van der Waals surface area contributed by atoms with E-state index >= 15 is 0 Å². The molecule has 0 amide bonds. The van der Waals surface area contributed by atoms with Crippen LogP contribution in [0.4, 0.5) is 0 Å². The van der Waals surface area contributed by atoms with E-state index < -0.39 is 0 Å². The molecule has 0 atom stereocenters. The number of halogens is 1. The van der Waals surface area contributed by atoms with Crippen molar-refractivity contribution < 1.29 is 4.74 Å². The monoisotopic (exact) mass is 302 g/mol. The second-order valence-electron chi connectivity index (χ2n) is 4.88. The van der Waals surface area contributed by atoms with E-state index in [0.29, 0.717) is 6.04 Å². The van der Waals surface area contributed by atoms with E-state index in [9.17, 15) is 0 Å². The zero-order valence-corrected chi connectivity index (χ0v) is 12.8. The van der Waals surface area contributed by atoms with Crippen molar-refractivity contribution in [3.8, 4) is 5.75 Å². The minimum absolute atomic E-state index is 0.236. The zero-order chi connectivity index (χ0) is 12.9. The van der Waals surface area contributed by atoms with Crippen molar-refractivity contribution in [3.05, 3.63) is 12.4 Å². The van der Waals surface area contributed by atoms with Gasteiger partial charge in [0.1, 0.15) is 0 Å². The summed E-state index contributed by atoms with van der Waals surface area (Å²) in [6, 6.07) is 0.380. The first-order valence-corrected chi connectivity index (χ1v) is 7.42. The number of hydrogen-bond acceptors (Lipinski definition) is 2. The van der Waals surface area contributed by atoms with Crippen molar-refractivity contribution in [2.45, 2.75) is 46.6 Å². The highest BCUT2D eigenvalue weighted by molar-refractivity contribution is 9.09. The highest BCUT2D eigenvalue weighted by Crippen LogP contribution is 2.29. The van der Waals surface area contributed by atoms with E-state index in [0.717, 1.165) is 30.5 Å². The second kappa shape index (κ2) is 6.43. The Hall–Kier alpha value is -0.510. The molecule has 0 aliphatic carbocycles. The summed E-state index contributed by atoms with van der Waals surface area (Å²) in [6.45, 7) is 9.39. The van der Waals surface area contributed by atoms with Crippen molar-refractivity contribution in [1.82, 2.24) is 9.78 Å². The summed E-state index contributed by atoms with van der Waals surface area (Å²) in [5.74, 6) is 0.867. The smallest absolute Gasteiger partial charge is 0.157 e. The molecule has 1 aromatic rings. The van der Waals surface area contributed by atoms with Crippen LogP contribution < -0.4 is 4.74 Å². The van der Waals surface area contributed by atoms with Gasteiger partial charge in [0.05, 0.1) is 19.0 Å². The lowest BCUT2D eigenvalue weighted by Crippen LogP contribution is -2.28. The summed E-state index contributed by atoms with van der Waals surface area (Å²) in [5, 5.41) is 5.25. The van der Waals surface area contributed by atoms with Crippen LogP contribution in [-0.2, 0) is 0 Å². The molecule has 1 rings (SSSR count). The molecule has 0 unspecified atom stereocenters. The lowest BCUT2D eigenvalue weighted by atomic mass is 9.86. The molecular weight excluding hydrogens is 280 g/mol. The first-order valence-electron chi connectivity index (χ1n) is 6.30. The lowest BCUT2D eigenvalue weighted by molar-refractivity contribution is 0.157. The van der Waals surface area contributed by atoms with E-state index in [-0.39, 0.29) is 5.41 Å². The highest BCUT2D eigenvalue weighted by atomic mass is 79.9. The van der Waals surface area contributed by atoms with Crippen LogP contribution in [0.25, 0.3) is 0 Å². The van der Waals surface area contributed by atoms with Gasteiger partial charge in [0.15, 0.2) is 5.75 Å². The van der Waals surface area contributed by atoms with Crippen molar-refractivity contribution in [3.63, 3.8) is 0 Å². The van der Waals surface area contributed by atoms with Crippen molar-refractivity contribution in [2.75, 3.05) is 11.9 Å². The maximum Gasteiger partial charge on any atom is 0.157 e. The molecule has 0 aliphatic rings. The third kappa shape index (κ3) is 3.73. The molecule has 0 fully saturated rings. The normalized spacial score (nSPS) is 12.1. The van der Waals surface area contributed by atoms with Crippen molar-refractivity contribution >= 4 is 15.9 Å². The average molecular weight is 303 g/mol. The summed E-state index contributed by atoms with van der Waals surface area (Å²) >= 11 is 3.59. The van der Waals surface area contributed by atoms with Gasteiger partial charge in [0, 0.05) is 16.8 Å². The Kier molecular flexibility index (Phi) is 5.50. The molecule has 0 aliphatic heterocycles. The molecule has 0 saturated heterocycles. The van der Waals surface area contributed by atoms with Crippen molar-refractivity contribution in [2.24, 2.45) is 5.41 Å². The molecule has 0 bridgehead atoms. The van der Waals surface area contributed by atoms with Crippen LogP contribution in [-0.4, -0.2) is 21.7 Å². The number of rotatable bonds is 7. The molecule has 1 aromatic heterocycles. The van der Waals surface area contributed by atoms with Gasteiger partial charge in [-0.3, -0.25) is 4.68 Å². The maximum atomic E-state index is 5.86. The molecule has 17 heavy (non-hydrogen) atoms. The predicted octanol–water partition coefficient (Wildman–Crippen LogP) is 4.04. The number of aromatic nitrogens is 2. The third-order valence-corrected chi connectivity index (χ3v) is 4.62. The summed E-state index contributed by atoms with van der Waals surface area (Å²) in [6.07, 6.45) is 6.00. The molecule has 98 valence electrons. The van der Waals surface area contributed by atoms with Crippen molar-refractivity contribution in [1.29, 1.82) is 0 Å². The standard InChI is InChI=1S/C13H23BrN2O/c1-5-13(6-2,9-14)10-17-12-7-15-16(8-12)11(3)4/h7-8,11H,5-6,9-10H2,1-4H3. The Morgan fingerprint density at radius 3 is 2.47 bits per heavy atom. The Morgan fingerprint density at radius 1 is 1.41 bits per heavy atom. The Morgan fingerprint density at radius 2 is 2.06 bits per heavy atom. The van der Waals surface area contributed by atoms with Crippen LogP contribution in [0.2, 0.25) is 0 Å². The maximum absolute atomic E-state index is 5.86. The fourth-order valence-electron chi connectivity index (χ4n) is 1.60. The van der Waals surface area contributed by atoms with Gasteiger partial charge in [-0.15, -0.1) is 0 Å². The first kappa shape index (κ1) is 14.6. The molecule has 0 saturated carbocycles. The van der Waals surface area contributed by atoms with E-state index in [1.165, 1.54) is 0 Å². The van der Waals surface area contributed by atoms with Gasteiger partial charge >= 0.3 is 0 Å². The molecule has 0 spiro atoms. The van der Waals surface area contributed by atoms with Crippen LogP contribution in [0, 0.1) is 5.41 Å². The summed E-state index contributed by atoms with van der Waals surface area (Å²) in [4.78, 5) is 0. The molecule has 3 nitrogen and oxygen atoms in total. The van der Waals surface area contributed by atoms with Gasteiger partial charge in [-0.2, -0.15) is 5.10 Å². The quantitative estimate of drug-likeness (QED) is 0.711. The fourth-order valence-corrected chi connectivity index (χ4v) is 2.55. The Balaban J connectivity index is 2.59. The minimum atomic E-state index is 0.236. The number of ether oxygens (including phenoxy) is 1. The molecule has 1 heterocycles. The van der Waals surface area contributed by atoms with Gasteiger partial charge in [-0.05, 0) is 26.7 Å². The van der Waals surface area contributed by atoms with Crippen LogP contribution in [0.5, 0.6) is 5.75 Å². The van der Waals surface area contributed by atoms with E-state index in [1.807, 2.05) is 10.9 Å². The zero-order valence-electron chi connectivity index (χ0n) is 11.2. The number of nitrogens with zero attached hydrogens (tertiary/aromatic N) is 2. The third-order valence-electron chi connectivity index (χ3n) is 3.44. The second-order valence-corrected chi connectivity index (χ2v) is 5.44. The molecule has 4 heteroatoms. The molecule has 0 N–H and O–H groups in total. The first-order chi connectivity index (χ1) is 8.06. The highest BCUT2D eigenvalue weighted by Gasteiger charge is 2.26. The Labute approximate surface area is 113 Å². The fraction of sp³-hybridized carbons (Fsp3) is 0.769. The van der Waals surface area contributed by atoms with Gasteiger partial charge < -0.3 is 4.74 Å². The summed E-state index contributed by atoms with van der Waals surface area (Å²) in [5.41, 5.74) is 0.236.